The molecule has 2 aliphatic heterocycles. The van der Waals surface area contributed by atoms with Crippen molar-refractivity contribution < 1.29 is 21.8 Å². The summed E-state index contributed by atoms with van der Waals surface area (Å²) < 4.78 is 53.0. The van der Waals surface area contributed by atoms with Crippen LogP contribution in [-0.4, -0.2) is 65.0 Å². The highest BCUT2D eigenvalue weighted by Crippen LogP contribution is 2.35. The van der Waals surface area contributed by atoms with Crippen molar-refractivity contribution in [1.29, 1.82) is 0 Å². The lowest BCUT2D eigenvalue weighted by molar-refractivity contribution is -0.385. The number of piperidine rings is 1. The third kappa shape index (κ3) is 5.24. The lowest BCUT2D eigenvalue weighted by atomic mass is 9.98. The molecule has 0 aromatic heterocycles. The van der Waals surface area contributed by atoms with Gasteiger partial charge in [0.1, 0.15) is 4.90 Å². The minimum absolute atomic E-state index is 0.0241. The summed E-state index contributed by atoms with van der Waals surface area (Å²) in [7, 11) is -7.16. The summed E-state index contributed by atoms with van der Waals surface area (Å²) >= 11 is 0. The fourth-order valence-corrected chi connectivity index (χ4v) is 6.16. The van der Waals surface area contributed by atoms with Gasteiger partial charge in [-0.25, -0.2) is 21.6 Å². The molecule has 2 fully saturated rings. The zero-order valence-corrected chi connectivity index (χ0v) is 17.9. The number of benzene rings is 1. The zero-order valence-electron chi connectivity index (χ0n) is 16.3. The van der Waals surface area contributed by atoms with E-state index in [0.29, 0.717) is 31.9 Å². The average Bonchev–Trinajstić information content (AvgIpc) is 3.21. The molecule has 0 radical (unpaired) electrons. The van der Waals surface area contributed by atoms with E-state index in [2.05, 4.69) is 4.72 Å². The van der Waals surface area contributed by atoms with Gasteiger partial charge in [-0.3, -0.25) is 10.1 Å². The van der Waals surface area contributed by atoms with Crippen LogP contribution in [0.3, 0.4) is 0 Å². The first-order valence-corrected chi connectivity index (χ1v) is 12.9. The summed E-state index contributed by atoms with van der Waals surface area (Å²) in [4.78, 5) is 12.5. The molecule has 162 valence electrons. The molecule has 1 atom stereocenters. The van der Waals surface area contributed by atoms with E-state index in [4.69, 9.17) is 0 Å². The number of nitro benzene ring substituents is 1. The summed E-state index contributed by atoms with van der Waals surface area (Å²) in [5, 5.41) is 11.2. The van der Waals surface area contributed by atoms with Crippen molar-refractivity contribution in [2.75, 3.05) is 43.9 Å². The monoisotopic (exact) mass is 446 g/mol. The highest BCUT2D eigenvalue weighted by Gasteiger charge is 2.33. The molecule has 12 heteroatoms. The number of nitrogens with zero attached hydrogens (tertiary/aromatic N) is 3. The van der Waals surface area contributed by atoms with Gasteiger partial charge in [0.2, 0.25) is 20.0 Å². The third-order valence-electron chi connectivity index (χ3n) is 5.33. The smallest absolute Gasteiger partial charge is 0.270 e. The van der Waals surface area contributed by atoms with E-state index in [-0.39, 0.29) is 23.0 Å². The Morgan fingerprint density at radius 2 is 1.83 bits per heavy atom. The second-order valence-corrected chi connectivity index (χ2v) is 11.3. The van der Waals surface area contributed by atoms with Gasteiger partial charge in [0.15, 0.2) is 0 Å². The summed E-state index contributed by atoms with van der Waals surface area (Å²) in [6.07, 6.45) is 4.24. The van der Waals surface area contributed by atoms with Gasteiger partial charge in [-0.15, -0.1) is 0 Å². The van der Waals surface area contributed by atoms with Gasteiger partial charge in [0.25, 0.3) is 5.69 Å². The molecule has 10 nitrogen and oxygen atoms in total. The van der Waals surface area contributed by atoms with Crippen LogP contribution in [0.1, 0.15) is 25.7 Å². The molecule has 0 spiro atoms. The Hall–Kier alpha value is -1.76. The number of nitrogens with one attached hydrogen (secondary N) is 1. The van der Waals surface area contributed by atoms with Crippen molar-refractivity contribution in [3.05, 3.63) is 28.3 Å². The Morgan fingerprint density at radius 3 is 2.45 bits per heavy atom. The predicted octanol–water partition coefficient (Wildman–Crippen LogP) is 1.14. The number of non-ortho nitro benzene ring substituents is 1. The minimum Gasteiger partial charge on any atom is -0.370 e. The number of hydrogen-bond acceptors (Lipinski definition) is 7. The van der Waals surface area contributed by atoms with Crippen molar-refractivity contribution in [1.82, 2.24) is 9.03 Å². The minimum atomic E-state index is -3.85. The van der Waals surface area contributed by atoms with Gasteiger partial charge in [-0.05, 0) is 37.7 Å². The highest BCUT2D eigenvalue weighted by molar-refractivity contribution is 7.89. The lowest BCUT2D eigenvalue weighted by Crippen LogP contribution is -2.41. The predicted molar refractivity (Wildman–Crippen MR) is 109 cm³/mol. The standard InChI is InChI=1S/C17H26N4O6S2/c1-28(24,25)18-12-14-5-4-8-19(13-14)16-7-6-15(21(22)23)11-17(16)29(26,27)20-9-2-3-10-20/h6-7,11,14,18H,2-5,8-10,12-13H2,1H3. The van der Waals surface area contributed by atoms with Crippen molar-refractivity contribution >= 4 is 31.4 Å². The van der Waals surface area contributed by atoms with Gasteiger partial charge >= 0.3 is 0 Å². The fourth-order valence-electron chi connectivity index (χ4n) is 3.87. The molecular formula is C17H26N4O6S2. The van der Waals surface area contributed by atoms with Crippen molar-refractivity contribution in [2.45, 2.75) is 30.6 Å². The Labute approximate surface area is 171 Å². The maximum atomic E-state index is 13.2. The molecule has 1 aromatic carbocycles. The summed E-state index contributed by atoms with van der Waals surface area (Å²) in [6, 6.07) is 3.95. The molecule has 2 aliphatic rings. The van der Waals surface area contributed by atoms with E-state index < -0.39 is 25.0 Å². The molecule has 0 aliphatic carbocycles. The summed E-state index contributed by atoms with van der Waals surface area (Å²) in [6.45, 7) is 2.17. The average molecular weight is 447 g/mol. The Bertz CT molecular complexity index is 974. The number of nitro groups is 1. The van der Waals surface area contributed by atoms with Crippen LogP contribution in [0, 0.1) is 16.0 Å². The van der Waals surface area contributed by atoms with Gasteiger partial charge in [-0.2, -0.15) is 4.31 Å². The van der Waals surface area contributed by atoms with E-state index >= 15 is 0 Å². The molecule has 1 N–H and O–H groups in total. The zero-order chi connectivity index (χ0) is 21.2. The van der Waals surface area contributed by atoms with Gasteiger partial charge in [-0.1, -0.05) is 0 Å². The van der Waals surface area contributed by atoms with Crippen molar-refractivity contribution in [3.8, 4) is 0 Å². The fraction of sp³-hybridized carbons (Fsp3) is 0.647. The molecule has 0 bridgehead atoms. The summed E-state index contributed by atoms with van der Waals surface area (Å²) in [5.41, 5.74) is 0.172. The van der Waals surface area contributed by atoms with Crippen LogP contribution in [0.2, 0.25) is 0 Å². The van der Waals surface area contributed by atoms with E-state index in [0.717, 1.165) is 38.0 Å². The van der Waals surface area contributed by atoms with E-state index in [1.54, 1.807) is 0 Å². The first-order chi connectivity index (χ1) is 13.6. The molecule has 1 aromatic rings. The van der Waals surface area contributed by atoms with Gasteiger partial charge < -0.3 is 4.90 Å². The van der Waals surface area contributed by atoms with Crippen molar-refractivity contribution in [2.24, 2.45) is 5.92 Å². The Morgan fingerprint density at radius 1 is 1.14 bits per heavy atom. The van der Waals surface area contributed by atoms with E-state index in [1.165, 1.54) is 16.4 Å². The largest absolute Gasteiger partial charge is 0.370 e. The third-order valence-corrected chi connectivity index (χ3v) is 7.95. The molecule has 1 unspecified atom stereocenters. The quantitative estimate of drug-likeness (QED) is 0.491. The van der Waals surface area contributed by atoms with Crippen LogP contribution in [0.4, 0.5) is 11.4 Å². The molecule has 2 heterocycles. The number of sulfonamides is 2. The van der Waals surface area contributed by atoms with Crippen LogP contribution >= 0.6 is 0 Å². The number of rotatable bonds is 7. The molecule has 0 amide bonds. The van der Waals surface area contributed by atoms with Crippen LogP contribution in [0.5, 0.6) is 0 Å². The maximum Gasteiger partial charge on any atom is 0.270 e. The molecule has 2 saturated heterocycles. The Balaban J connectivity index is 1.92. The van der Waals surface area contributed by atoms with Crippen LogP contribution in [0.25, 0.3) is 0 Å². The molecule has 0 saturated carbocycles. The normalized spacial score (nSPS) is 21.4. The highest BCUT2D eigenvalue weighted by atomic mass is 32.2. The topological polar surface area (TPSA) is 130 Å². The summed E-state index contributed by atoms with van der Waals surface area (Å²) in [5.74, 6) is 0.0241. The SMILES string of the molecule is CS(=O)(=O)NCC1CCCN(c2ccc([N+](=O)[O-])cc2S(=O)(=O)N2CCCC2)C1. The maximum absolute atomic E-state index is 13.2. The molecular weight excluding hydrogens is 420 g/mol. The van der Waals surface area contributed by atoms with Crippen LogP contribution in [0.15, 0.2) is 23.1 Å². The molecule has 3 rings (SSSR count). The molecule has 29 heavy (non-hydrogen) atoms. The lowest BCUT2D eigenvalue weighted by Gasteiger charge is -2.35. The van der Waals surface area contributed by atoms with E-state index in [9.17, 15) is 26.9 Å². The van der Waals surface area contributed by atoms with Crippen LogP contribution in [-0.2, 0) is 20.0 Å². The number of anilines is 1. The Kier molecular flexibility index (Phi) is 6.46. The number of hydrogen-bond donors (Lipinski definition) is 1. The van der Waals surface area contributed by atoms with Gasteiger partial charge in [0.05, 0.1) is 16.9 Å². The van der Waals surface area contributed by atoms with E-state index in [1.807, 2.05) is 4.90 Å². The second kappa shape index (κ2) is 8.54. The first-order valence-electron chi connectivity index (χ1n) is 9.56. The first kappa shape index (κ1) is 21.9. The van der Waals surface area contributed by atoms with Crippen LogP contribution < -0.4 is 9.62 Å². The second-order valence-electron chi connectivity index (χ2n) is 7.60. The van der Waals surface area contributed by atoms with Crippen molar-refractivity contribution in [3.63, 3.8) is 0 Å². The van der Waals surface area contributed by atoms with Gasteiger partial charge in [0, 0.05) is 44.9 Å².